The number of piperidine rings is 1. The van der Waals surface area contributed by atoms with E-state index in [1.165, 1.54) is 6.07 Å². The third-order valence-electron chi connectivity index (χ3n) is 4.36. The molecule has 0 saturated carbocycles. The molecule has 5 nitrogen and oxygen atoms in total. The zero-order chi connectivity index (χ0) is 20.5. The molecular formula is C20H23F3N2O3. The number of para-hydroxylation sites is 1. The summed E-state index contributed by atoms with van der Waals surface area (Å²) in [6.45, 7) is 6.25. The third-order valence-corrected chi connectivity index (χ3v) is 4.36. The van der Waals surface area contributed by atoms with Crippen molar-refractivity contribution < 1.29 is 27.4 Å². The Morgan fingerprint density at radius 1 is 1.14 bits per heavy atom. The highest BCUT2D eigenvalue weighted by atomic mass is 19.4. The van der Waals surface area contributed by atoms with E-state index in [4.69, 9.17) is 9.47 Å². The molecule has 3 rings (SSSR count). The molecule has 152 valence electrons. The van der Waals surface area contributed by atoms with Gasteiger partial charge in [-0.1, -0.05) is 12.1 Å². The predicted octanol–water partition coefficient (Wildman–Crippen LogP) is 5.03. The van der Waals surface area contributed by atoms with Crippen molar-refractivity contribution in [3.8, 4) is 5.75 Å². The van der Waals surface area contributed by atoms with Gasteiger partial charge in [0, 0.05) is 37.4 Å². The molecule has 0 bridgehead atoms. The largest absolute Gasteiger partial charge is 0.490 e. The SMILES string of the molecule is CC(C)(C)OC(=O)N1CCC(Oc2cc(C(F)(F)F)nc3ccccc23)CC1. The molecule has 2 heterocycles. The number of hydrogen-bond donors (Lipinski definition) is 0. The maximum atomic E-state index is 13.2. The molecule has 2 aromatic rings. The highest BCUT2D eigenvalue weighted by Crippen LogP contribution is 2.35. The number of aromatic nitrogens is 1. The van der Waals surface area contributed by atoms with Gasteiger partial charge in [-0.25, -0.2) is 9.78 Å². The van der Waals surface area contributed by atoms with E-state index in [9.17, 15) is 18.0 Å². The smallest absolute Gasteiger partial charge is 0.433 e. The summed E-state index contributed by atoms with van der Waals surface area (Å²) in [6, 6.07) is 7.53. The first-order valence-corrected chi connectivity index (χ1v) is 9.14. The minimum absolute atomic E-state index is 0.161. The van der Waals surface area contributed by atoms with E-state index >= 15 is 0 Å². The zero-order valence-electron chi connectivity index (χ0n) is 16.0. The molecule has 1 aliphatic heterocycles. The number of alkyl halides is 3. The molecule has 1 fully saturated rings. The predicted molar refractivity (Wildman–Crippen MR) is 98.2 cm³/mol. The normalized spacial score (nSPS) is 16.3. The van der Waals surface area contributed by atoms with E-state index in [0.717, 1.165) is 6.07 Å². The first-order valence-electron chi connectivity index (χ1n) is 9.14. The van der Waals surface area contributed by atoms with Gasteiger partial charge in [0.05, 0.1) is 5.52 Å². The summed E-state index contributed by atoms with van der Waals surface area (Å²) in [5.74, 6) is 0.161. The number of halogens is 3. The lowest BCUT2D eigenvalue weighted by Crippen LogP contribution is -2.44. The van der Waals surface area contributed by atoms with E-state index in [1.54, 1.807) is 43.9 Å². The average Bonchev–Trinajstić information content (AvgIpc) is 2.60. The number of benzene rings is 1. The van der Waals surface area contributed by atoms with Crippen molar-refractivity contribution in [2.75, 3.05) is 13.1 Å². The van der Waals surface area contributed by atoms with Crippen LogP contribution in [0.15, 0.2) is 30.3 Å². The Balaban J connectivity index is 1.73. The van der Waals surface area contributed by atoms with Gasteiger partial charge in [0.25, 0.3) is 0 Å². The van der Waals surface area contributed by atoms with Crippen LogP contribution in [-0.2, 0) is 10.9 Å². The van der Waals surface area contributed by atoms with E-state index < -0.39 is 17.5 Å². The van der Waals surface area contributed by atoms with Gasteiger partial charge in [-0.3, -0.25) is 0 Å². The van der Waals surface area contributed by atoms with Gasteiger partial charge in [-0.2, -0.15) is 13.2 Å². The zero-order valence-corrected chi connectivity index (χ0v) is 16.0. The molecule has 1 aliphatic rings. The number of rotatable bonds is 2. The lowest BCUT2D eigenvalue weighted by atomic mass is 10.1. The third kappa shape index (κ3) is 4.85. The molecule has 1 amide bonds. The molecule has 1 saturated heterocycles. The fraction of sp³-hybridized carbons (Fsp3) is 0.500. The van der Waals surface area contributed by atoms with Crippen molar-refractivity contribution in [3.63, 3.8) is 0 Å². The van der Waals surface area contributed by atoms with Crippen LogP contribution in [0.2, 0.25) is 0 Å². The van der Waals surface area contributed by atoms with E-state index in [2.05, 4.69) is 4.98 Å². The fourth-order valence-corrected chi connectivity index (χ4v) is 3.05. The Labute approximate surface area is 161 Å². The van der Waals surface area contributed by atoms with Gasteiger partial charge >= 0.3 is 12.3 Å². The number of carbonyl (C=O) groups is 1. The van der Waals surface area contributed by atoms with Crippen LogP contribution < -0.4 is 4.74 Å². The second kappa shape index (κ2) is 7.48. The van der Waals surface area contributed by atoms with Crippen LogP contribution in [0.5, 0.6) is 5.75 Å². The number of amides is 1. The molecule has 1 aromatic heterocycles. The van der Waals surface area contributed by atoms with Crippen molar-refractivity contribution in [3.05, 3.63) is 36.0 Å². The molecule has 0 atom stereocenters. The van der Waals surface area contributed by atoms with Crippen LogP contribution in [-0.4, -0.2) is 40.8 Å². The minimum atomic E-state index is -4.55. The number of likely N-dealkylation sites (tertiary alicyclic amines) is 1. The molecule has 0 radical (unpaired) electrons. The number of pyridine rings is 1. The van der Waals surface area contributed by atoms with Gasteiger partial charge in [0.15, 0.2) is 0 Å². The first kappa shape index (κ1) is 20.2. The summed E-state index contributed by atoms with van der Waals surface area (Å²) in [6.07, 6.45) is -4.21. The second-order valence-corrected chi connectivity index (χ2v) is 7.81. The quantitative estimate of drug-likeness (QED) is 0.714. The molecule has 8 heteroatoms. The van der Waals surface area contributed by atoms with Crippen molar-refractivity contribution in [2.45, 2.75) is 51.5 Å². The first-order chi connectivity index (χ1) is 13.0. The fourth-order valence-electron chi connectivity index (χ4n) is 3.05. The summed E-state index contributed by atoms with van der Waals surface area (Å²) in [5.41, 5.74) is -1.32. The number of ether oxygens (including phenoxy) is 2. The molecule has 0 N–H and O–H groups in total. The van der Waals surface area contributed by atoms with Gasteiger partial charge in [-0.15, -0.1) is 0 Å². The lowest BCUT2D eigenvalue weighted by molar-refractivity contribution is -0.141. The lowest BCUT2D eigenvalue weighted by Gasteiger charge is -2.33. The highest BCUT2D eigenvalue weighted by molar-refractivity contribution is 5.85. The molecule has 0 aliphatic carbocycles. The number of nitrogens with zero attached hydrogens (tertiary/aromatic N) is 2. The molecular weight excluding hydrogens is 373 g/mol. The maximum Gasteiger partial charge on any atom is 0.433 e. The number of fused-ring (bicyclic) bond motifs is 1. The van der Waals surface area contributed by atoms with Crippen molar-refractivity contribution >= 4 is 17.0 Å². The highest BCUT2D eigenvalue weighted by Gasteiger charge is 2.34. The van der Waals surface area contributed by atoms with Crippen molar-refractivity contribution in [2.24, 2.45) is 0 Å². The summed E-state index contributed by atoms with van der Waals surface area (Å²) in [7, 11) is 0. The summed E-state index contributed by atoms with van der Waals surface area (Å²) in [5, 5.41) is 0.532. The Morgan fingerprint density at radius 2 is 1.79 bits per heavy atom. The van der Waals surface area contributed by atoms with Gasteiger partial charge in [0.1, 0.15) is 23.1 Å². The Bertz CT molecular complexity index is 854. The van der Waals surface area contributed by atoms with Crippen molar-refractivity contribution in [1.82, 2.24) is 9.88 Å². The minimum Gasteiger partial charge on any atom is -0.490 e. The summed E-state index contributed by atoms with van der Waals surface area (Å²) in [4.78, 5) is 17.4. The van der Waals surface area contributed by atoms with Crippen LogP contribution in [0.4, 0.5) is 18.0 Å². The summed E-state index contributed by atoms with van der Waals surface area (Å²) < 4.78 is 50.8. The van der Waals surface area contributed by atoms with Gasteiger partial charge in [0.2, 0.25) is 0 Å². The van der Waals surface area contributed by atoms with Crippen LogP contribution in [0.3, 0.4) is 0 Å². The Kier molecular flexibility index (Phi) is 5.41. The second-order valence-electron chi connectivity index (χ2n) is 7.81. The van der Waals surface area contributed by atoms with E-state index in [-0.39, 0.29) is 23.5 Å². The number of hydrogen-bond acceptors (Lipinski definition) is 4. The average molecular weight is 396 g/mol. The van der Waals surface area contributed by atoms with Gasteiger partial charge in [-0.05, 0) is 32.9 Å². The molecule has 0 spiro atoms. The molecule has 28 heavy (non-hydrogen) atoms. The van der Waals surface area contributed by atoms with Crippen molar-refractivity contribution in [1.29, 1.82) is 0 Å². The van der Waals surface area contributed by atoms with E-state index in [0.29, 0.717) is 31.3 Å². The molecule has 0 unspecified atom stereocenters. The Hall–Kier alpha value is -2.51. The Morgan fingerprint density at radius 3 is 2.39 bits per heavy atom. The van der Waals surface area contributed by atoms with Crippen LogP contribution in [0.1, 0.15) is 39.3 Å². The van der Waals surface area contributed by atoms with Crippen LogP contribution >= 0.6 is 0 Å². The van der Waals surface area contributed by atoms with Crippen LogP contribution in [0.25, 0.3) is 10.9 Å². The maximum absolute atomic E-state index is 13.2. The number of carbonyl (C=O) groups excluding carboxylic acids is 1. The van der Waals surface area contributed by atoms with E-state index in [1.807, 2.05) is 0 Å². The monoisotopic (exact) mass is 396 g/mol. The van der Waals surface area contributed by atoms with Crippen LogP contribution in [0, 0.1) is 0 Å². The molecule has 1 aromatic carbocycles. The standard InChI is InChI=1S/C20H23F3N2O3/c1-19(2,3)28-18(26)25-10-8-13(9-11-25)27-16-12-17(20(21,22)23)24-15-7-5-4-6-14(15)16/h4-7,12-13H,8-11H2,1-3H3. The summed E-state index contributed by atoms with van der Waals surface area (Å²) >= 11 is 0. The van der Waals surface area contributed by atoms with Gasteiger partial charge < -0.3 is 14.4 Å². The topological polar surface area (TPSA) is 51.7 Å².